The van der Waals surface area contributed by atoms with Gasteiger partial charge in [-0.2, -0.15) is 0 Å². The van der Waals surface area contributed by atoms with Crippen LogP contribution in [-0.4, -0.2) is 105 Å². The lowest BCUT2D eigenvalue weighted by atomic mass is 9.74. The number of benzene rings is 1. The monoisotopic (exact) mass is 740 g/mol. The standard InChI is InChI=1S/C38H58F2N4O4S.ClH/c1-11-41(10)34(47)32-19-27(44(26-14-16-37(6,7)17-15-26)35(48)38(8,9)23-49-24(2)45)20-43(32)33(46)30-22-42(36(3,4)5)21-29(30)28-13-12-25(39)18-31(28)40;/h12-13,18,26-27,29-30,32H,11,14-17,19-23H2,1-10H3;1H/t27-,29-,30?,32-;/m0./s1. The van der Waals surface area contributed by atoms with Gasteiger partial charge in [-0.3, -0.25) is 24.1 Å². The predicted octanol–water partition coefficient (Wildman–Crippen LogP) is 6.75. The molecule has 282 valence electrons. The molecule has 0 N–H and O–H groups in total. The third-order valence-corrected chi connectivity index (χ3v) is 12.5. The van der Waals surface area contributed by atoms with Crippen molar-refractivity contribution in [2.24, 2.45) is 16.7 Å². The summed E-state index contributed by atoms with van der Waals surface area (Å²) in [6, 6.07) is 2.31. The van der Waals surface area contributed by atoms with Crippen LogP contribution in [0.3, 0.4) is 0 Å². The van der Waals surface area contributed by atoms with Gasteiger partial charge >= 0.3 is 0 Å². The number of carbonyl (C=O) groups is 4. The van der Waals surface area contributed by atoms with Crippen molar-refractivity contribution in [2.75, 3.05) is 39.0 Å². The molecular formula is C38H59ClF2N4O4S. The molecule has 1 saturated carbocycles. The fraction of sp³-hybridized carbons (Fsp3) is 0.737. The number of carbonyl (C=O) groups excluding carboxylic acids is 4. The third kappa shape index (κ3) is 9.40. The van der Waals surface area contributed by atoms with Crippen molar-refractivity contribution in [3.8, 4) is 0 Å². The van der Waals surface area contributed by atoms with Crippen LogP contribution in [0.2, 0.25) is 0 Å². The molecular weight excluding hydrogens is 682 g/mol. The first kappa shape index (κ1) is 42.2. The molecule has 50 heavy (non-hydrogen) atoms. The summed E-state index contributed by atoms with van der Waals surface area (Å²) >= 11 is 1.14. The fourth-order valence-electron chi connectivity index (χ4n) is 7.82. The van der Waals surface area contributed by atoms with Crippen molar-refractivity contribution in [1.82, 2.24) is 19.6 Å². The van der Waals surface area contributed by atoms with Crippen LogP contribution in [0.4, 0.5) is 8.78 Å². The van der Waals surface area contributed by atoms with E-state index in [9.17, 15) is 23.6 Å². The van der Waals surface area contributed by atoms with Crippen LogP contribution in [0.15, 0.2) is 18.2 Å². The first-order valence-corrected chi connectivity index (χ1v) is 18.9. The number of amides is 3. The topological polar surface area (TPSA) is 81.2 Å². The van der Waals surface area contributed by atoms with Crippen molar-refractivity contribution in [3.63, 3.8) is 0 Å². The summed E-state index contributed by atoms with van der Waals surface area (Å²) in [7, 11) is 1.72. The molecule has 8 nitrogen and oxygen atoms in total. The predicted molar refractivity (Wildman–Crippen MR) is 198 cm³/mol. The molecule has 1 aromatic carbocycles. The molecule has 3 fully saturated rings. The minimum absolute atomic E-state index is 0. The SMILES string of the molecule is CCN(C)C(=O)[C@@H]1C[C@H](N(C(=O)C(C)(C)CSC(C)=O)C2CCC(C)(C)CC2)CN1C(=O)C1CN(C(C)(C)C)C[C@H]1c1ccc(F)cc1F.Cl. The van der Waals surface area contributed by atoms with E-state index in [4.69, 9.17) is 0 Å². The molecule has 1 aromatic rings. The summed E-state index contributed by atoms with van der Waals surface area (Å²) in [6.45, 7) is 19.2. The van der Waals surface area contributed by atoms with Crippen molar-refractivity contribution < 1.29 is 28.0 Å². The minimum atomic E-state index is -0.843. The number of likely N-dealkylation sites (tertiary alicyclic amines) is 2. The molecule has 4 atom stereocenters. The number of hydrogen-bond acceptors (Lipinski definition) is 6. The number of likely N-dealkylation sites (N-methyl/N-ethyl adjacent to an activating group) is 1. The summed E-state index contributed by atoms with van der Waals surface area (Å²) in [4.78, 5) is 62.8. The molecule has 0 bridgehead atoms. The molecule has 12 heteroatoms. The Morgan fingerprint density at radius 3 is 2.14 bits per heavy atom. The smallest absolute Gasteiger partial charge is 0.245 e. The van der Waals surface area contributed by atoms with Crippen LogP contribution in [0.1, 0.15) is 106 Å². The van der Waals surface area contributed by atoms with Crippen molar-refractivity contribution in [3.05, 3.63) is 35.4 Å². The summed E-state index contributed by atoms with van der Waals surface area (Å²) in [5.41, 5.74) is -0.694. The molecule has 3 aliphatic rings. The van der Waals surface area contributed by atoms with Crippen molar-refractivity contribution >= 4 is 47.0 Å². The maximum Gasteiger partial charge on any atom is 0.245 e. The van der Waals surface area contributed by atoms with E-state index in [-0.39, 0.29) is 58.8 Å². The minimum Gasteiger partial charge on any atom is -0.344 e. The summed E-state index contributed by atoms with van der Waals surface area (Å²) in [6.07, 6.45) is 3.86. The Kier molecular flexibility index (Phi) is 13.7. The van der Waals surface area contributed by atoms with E-state index in [1.807, 2.05) is 46.4 Å². The highest BCUT2D eigenvalue weighted by Crippen LogP contribution is 2.43. The highest BCUT2D eigenvalue weighted by molar-refractivity contribution is 8.13. The van der Waals surface area contributed by atoms with Crippen LogP contribution in [0, 0.1) is 28.4 Å². The van der Waals surface area contributed by atoms with Crippen molar-refractivity contribution in [2.45, 2.75) is 124 Å². The Labute approximate surface area is 308 Å². The number of hydrogen-bond donors (Lipinski definition) is 0. The molecule has 2 heterocycles. The van der Waals surface area contributed by atoms with E-state index in [1.165, 1.54) is 19.1 Å². The fourth-order valence-corrected chi connectivity index (χ4v) is 8.51. The van der Waals surface area contributed by atoms with Crippen LogP contribution >= 0.6 is 24.2 Å². The molecule has 2 saturated heterocycles. The highest BCUT2D eigenvalue weighted by Gasteiger charge is 2.52. The lowest BCUT2D eigenvalue weighted by molar-refractivity contribution is -0.147. The first-order chi connectivity index (χ1) is 22.7. The van der Waals surface area contributed by atoms with Gasteiger partial charge < -0.3 is 14.7 Å². The van der Waals surface area contributed by atoms with Gasteiger partial charge in [0.1, 0.15) is 17.7 Å². The number of thioether (sulfide) groups is 1. The Bertz CT molecular complexity index is 1410. The lowest BCUT2D eigenvalue weighted by Gasteiger charge is -2.45. The van der Waals surface area contributed by atoms with Gasteiger partial charge in [-0.25, -0.2) is 8.78 Å². The van der Waals surface area contributed by atoms with E-state index in [0.29, 0.717) is 37.4 Å². The lowest BCUT2D eigenvalue weighted by Crippen LogP contribution is -2.55. The van der Waals surface area contributed by atoms with Gasteiger partial charge in [0.15, 0.2) is 5.12 Å². The maximum absolute atomic E-state index is 15.3. The zero-order chi connectivity index (χ0) is 36.6. The van der Waals surface area contributed by atoms with E-state index in [1.54, 1.807) is 16.8 Å². The van der Waals surface area contributed by atoms with Gasteiger partial charge in [-0.1, -0.05) is 45.5 Å². The van der Waals surface area contributed by atoms with Gasteiger partial charge in [0.2, 0.25) is 17.7 Å². The average Bonchev–Trinajstić information content (AvgIpc) is 3.66. The van der Waals surface area contributed by atoms with Crippen molar-refractivity contribution in [1.29, 1.82) is 0 Å². The van der Waals surface area contributed by atoms with Crippen LogP contribution in [-0.2, 0) is 19.2 Å². The molecule has 1 unspecified atom stereocenters. The largest absolute Gasteiger partial charge is 0.344 e. The Morgan fingerprint density at radius 2 is 1.60 bits per heavy atom. The third-order valence-electron chi connectivity index (χ3n) is 11.2. The second-order valence-corrected chi connectivity index (χ2v) is 18.1. The van der Waals surface area contributed by atoms with Gasteiger partial charge in [-0.05, 0) is 76.8 Å². The summed E-state index contributed by atoms with van der Waals surface area (Å²) < 4.78 is 29.3. The summed E-state index contributed by atoms with van der Waals surface area (Å²) in [5.74, 6) is -2.71. The van der Waals surface area contributed by atoms with E-state index in [2.05, 4.69) is 18.7 Å². The van der Waals surface area contributed by atoms with E-state index >= 15 is 4.39 Å². The molecule has 2 aliphatic heterocycles. The second-order valence-electron chi connectivity index (χ2n) is 17.0. The Balaban J connectivity index is 0.00000676. The summed E-state index contributed by atoms with van der Waals surface area (Å²) in [5, 5.41) is -0.0502. The van der Waals surface area contributed by atoms with Crippen LogP contribution in [0.5, 0.6) is 0 Å². The average molecular weight is 741 g/mol. The highest BCUT2D eigenvalue weighted by atomic mass is 35.5. The quantitative estimate of drug-likeness (QED) is 0.279. The number of rotatable bonds is 9. The normalized spacial score (nSPS) is 24.5. The van der Waals surface area contributed by atoms with E-state index in [0.717, 1.165) is 43.5 Å². The second kappa shape index (κ2) is 16.2. The molecule has 0 spiro atoms. The molecule has 1 aliphatic carbocycles. The van der Waals surface area contributed by atoms with E-state index < -0.39 is 41.0 Å². The van der Waals surface area contributed by atoms with Gasteiger partial charge in [0.05, 0.1) is 17.4 Å². The zero-order valence-electron chi connectivity index (χ0n) is 31.7. The molecule has 3 amide bonds. The zero-order valence-corrected chi connectivity index (χ0v) is 33.3. The maximum atomic E-state index is 15.3. The number of nitrogens with zero attached hydrogens (tertiary/aromatic N) is 4. The van der Waals surface area contributed by atoms with Crippen LogP contribution < -0.4 is 0 Å². The Hall–Kier alpha value is -2.24. The Morgan fingerprint density at radius 1 is 0.980 bits per heavy atom. The molecule has 0 radical (unpaired) electrons. The first-order valence-electron chi connectivity index (χ1n) is 17.9. The van der Waals surface area contributed by atoms with Gasteiger partial charge in [-0.15, -0.1) is 12.4 Å². The van der Waals surface area contributed by atoms with Gasteiger partial charge in [0, 0.05) is 69.5 Å². The van der Waals surface area contributed by atoms with Crippen LogP contribution in [0.25, 0.3) is 0 Å². The number of halogens is 3. The van der Waals surface area contributed by atoms with Gasteiger partial charge in [0.25, 0.3) is 0 Å². The molecule has 0 aromatic heterocycles. The molecule has 4 rings (SSSR count).